The highest BCUT2D eigenvalue weighted by atomic mass is 79.9. The summed E-state index contributed by atoms with van der Waals surface area (Å²) in [6.45, 7) is -0.104. The predicted molar refractivity (Wildman–Crippen MR) is 58.5 cm³/mol. The van der Waals surface area contributed by atoms with Gasteiger partial charge < -0.3 is 10.8 Å². The third-order valence-corrected chi connectivity index (χ3v) is 3.27. The molecule has 0 bridgehead atoms. The molecule has 0 saturated carbocycles. The Balaban J connectivity index is 3.20. The lowest BCUT2D eigenvalue weighted by Crippen LogP contribution is -2.21. The number of benzene rings is 1. The zero-order valence-corrected chi connectivity index (χ0v) is 9.85. The number of carboxylic acids is 1. The maximum atomic E-state index is 13.2. The molecule has 0 spiro atoms. The van der Waals surface area contributed by atoms with Crippen molar-refractivity contribution in [3.05, 3.63) is 33.0 Å². The molecule has 0 radical (unpaired) electrons. The molecule has 0 aliphatic rings. The number of nitrogens with two attached hydrogens (primary N) is 1. The Morgan fingerprint density at radius 1 is 1.67 bits per heavy atom. The van der Waals surface area contributed by atoms with Crippen LogP contribution in [0.3, 0.4) is 0 Å². The molecule has 0 heterocycles. The van der Waals surface area contributed by atoms with Gasteiger partial charge >= 0.3 is 5.97 Å². The van der Waals surface area contributed by atoms with Gasteiger partial charge in [0.25, 0.3) is 0 Å². The minimum Gasteiger partial charge on any atom is -0.481 e. The van der Waals surface area contributed by atoms with E-state index >= 15 is 0 Å². The van der Waals surface area contributed by atoms with Gasteiger partial charge in [0.05, 0.1) is 15.4 Å². The van der Waals surface area contributed by atoms with Crippen molar-refractivity contribution in [1.82, 2.24) is 0 Å². The van der Waals surface area contributed by atoms with E-state index < -0.39 is 17.7 Å². The second kappa shape index (κ2) is 4.92. The van der Waals surface area contributed by atoms with Crippen molar-refractivity contribution in [2.75, 3.05) is 6.54 Å². The maximum absolute atomic E-state index is 13.2. The molecule has 1 aromatic carbocycles. The Kier molecular flexibility index (Phi) is 4.07. The quantitative estimate of drug-likeness (QED) is 0.842. The van der Waals surface area contributed by atoms with Crippen molar-refractivity contribution in [3.8, 4) is 0 Å². The molecule has 6 heteroatoms. The Morgan fingerprint density at radius 2 is 2.27 bits per heavy atom. The number of carboxylic acid groups (broad SMARTS) is 1. The van der Waals surface area contributed by atoms with Crippen LogP contribution in [0, 0.1) is 5.82 Å². The first-order chi connectivity index (χ1) is 6.97. The maximum Gasteiger partial charge on any atom is 0.312 e. The minimum absolute atomic E-state index is 0.104. The highest BCUT2D eigenvalue weighted by molar-refractivity contribution is 9.10. The first-order valence-corrected chi connectivity index (χ1v) is 5.21. The van der Waals surface area contributed by atoms with Crippen LogP contribution in [0.25, 0.3) is 0 Å². The van der Waals surface area contributed by atoms with Gasteiger partial charge in [0, 0.05) is 6.54 Å². The molecule has 0 aromatic heterocycles. The molecule has 0 aliphatic carbocycles. The van der Waals surface area contributed by atoms with Crippen molar-refractivity contribution >= 4 is 33.5 Å². The van der Waals surface area contributed by atoms with E-state index in [-0.39, 0.29) is 21.6 Å². The molecule has 3 nitrogen and oxygen atoms in total. The number of aliphatic carboxylic acids is 1. The molecule has 0 amide bonds. The third kappa shape index (κ3) is 2.68. The summed E-state index contributed by atoms with van der Waals surface area (Å²) in [5.74, 6) is -2.64. The highest BCUT2D eigenvalue weighted by Crippen LogP contribution is 2.29. The van der Waals surface area contributed by atoms with E-state index in [0.717, 1.165) is 6.07 Å². The molecule has 1 atom stereocenters. The normalized spacial score (nSPS) is 12.5. The molecule has 0 saturated heterocycles. The Hall–Kier alpha value is -0.650. The zero-order chi connectivity index (χ0) is 11.6. The molecule has 3 N–H and O–H groups in total. The summed E-state index contributed by atoms with van der Waals surface area (Å²) in [6, 6.07) is 2.50. The highest BCUT2D eigenvalue weighted by Gasteiger charge is 2.20. The smallest absolute Gasteiger partial charge is 0.312 e. The number of rotatable bonds is 3. The lowest BCUT2D eigenvalue weighted by molar-refractivity contribution is -0.138. The average Bonchev–Trinajstić information content (AvgIpc) is 2.14. The fourth-order valence-electron chi connectivity index (χ4n) is 1.16. The number of halogens is 3. The van der Waals surface area contributed by atoms with Gasteiger partial charge in [-0.15, -0.1) is 0 Å². The van der Waals surface area contributed by atoms with Crippen molar-refractivity contribution < 1.29 is 14.3 Å². The molecule has 0 aliphatic heterocycles. The van der Waals surface area contributed by atoms with E-state index in [4.69, 9.17) is 22.4 Å². The number of hydrogen-bond acceptors (Lipinski definition) is 2. The topological polar surface area (TPSA) is 63.3 Å². The van der Waals surface area contributed by atoms with Gasteiger partial charge in [-0.25, -0.2) is 4.39 Å². The van der Waals surface area contributed by atoms with Crippen LogP contribution in [0.15, 0.2) is 16.6 Å². The molecule has 1 aromatic rings. The van der Waals surface area contributed by atoms with Crippen LogP contribution < -0.4 is 5.73 Å². The zero-order valence-electron chi connectivity index (χ0n) is 7.51. The Labute approximate surface area is 99.2 Å². The van der Waals surface area contributed by atoms with Gasteiger partial charge in [-0.2, -0.15) is 0 Å². The summed E-state index contributed by atoms with van der Waals surface area (Å²) in [7, 11) is 0. The summed E-state index contributed by atoms with van der Waals surface area (Å²) in [5.41, 5.74) is 5.55. The fourth-order valence-corrected chi connectivity index (χ4v) is 1.60. The molecule has 1 unspecified atom stereocenters. The molecule has 0 fully saturated rings. The van der Waals surface area contributed by atoms with Crippen LogP contribution in [0.4, 0.5) is 4.39 Å². The van der Waals surface area contributed by atoms with E-state index in [0.29, 0.717) is 0 Å². The molecular weight excluding hydrogens is 288 g/mol. The monoisotopic (exact) mass is 295 g/mol. The summed E-state index contributed by atoms with van der Waals surface area (Å²) in [4.78, 5) is 10.8. The van der Waals surface area contributed by atoms with Crippen molar-refractivity contribution in [1.29, 1.82) is 0 Å². The van der Waals surface area contributed by atoms with Gasteiger partial charge in [0.15, 0.2) is 0 Å². The van der Waals surface area contributed by atoms with Crippen LogP contribution in [0.5, 0.6) is 0 Å². The predicted octanol–water partition coefficient (Wildman–Crippen LogP) is 2.37. The standard InChI is InChI=1S/C9H8BrClFNO2/c10-8-6(11)1-4(2-7(8)12)5(3-13)9(14)15/h1-2,5H,3,13H2,(H,14,15). The lowest BCUT2D eigenvalue weighted by Gasteiger charge is -2.11. The van der Waals surface area contributed by atoms with Crippen LogP contribution >= 0.6 is 27.5 Å². The van der Waals surface area contributed by atoms with Crippen molar-refractivity contribution in [3.63, 3.8) is 0 Å². The van der Waals surface area contributed by atoms with Gasteiger partial charge in [0.2, 0.25) is 0 Å². The van der Waals surface area contributed by atoms with Gasteiger partial charge in [-0.1, -0.05) is 11.6 Å². The lowest BCUT2D eigenvalue weighted by atomic mass is 9.99. The Morgan fingerprint density at radius 3 is 2.67 bits per heavy atom. The van der Waals surface area contributed by atoms with Crippen molar-refractivity contribution in [2.45, 2.75) is 5.92 Å². The van der Waals surface area contributed by atoms with Crippen LogP contribution in [-0.2, 0) is 4.79 Å². The van der Waals surface area contributed by atoms with Crippen LogP contribution in [-0.4, -0.2) is 17.6 Å². The SMILES string of the molecule is NCC(C(=O)O)c1cc(F)c(Br)c(Cl)c1. The van der Waals surface area contributed by atoms with E-state index in [1.807, 2.05) is 0 Å². The summed E-state index contributed by atoms with van der Waals surface area (Å²) in [6.07, 6.45) is 0. The van der Waals surface area contributed by atoms with E-state index in [1.165, 1.54) is 6.07 Å². The summed E-state index contributed by atoms with van der Waals surface area (Å²) >= 11 is 8.64. The molecule has 82 valence electrons. The van der Waals surface area contributed by atoms with Gasteiger partial charge in [0.1, 0.15) is 5.82 Å². The van der Waals surface area contributed by atoms with Crippen molar-refractivity contribution in [2.24, 2.45) is 5.73 Å². The van der Waals surface area contributed by atoms with E-state index in [2.05, 4.69) is 15.9 Å². The minimum atomic E-state index is -1.10. The molecule has 15 heavy (non-hydrogen) atoms. The second-order valence-corrected chi connectivity index (χ2v) is 4.13. The van der Waals surface area contributed by atoms with Crippen LogP contribution in [0.1, 0.15) is 11.5 Å². The number of hydrogen-bond donors (Lipinski definition) is 2. The first kappa shape index (κ1) is 12.4. The summed E-state index contributed by atoms with van der Waals surface area (Å²) in [5, 5.41) is 8.95. The fraction of sp³-hybridized carbons (Fsp3) is 0.222. The second-order valence-electron chi connectivity index (χ2n) is 2.93. The van der Waals surface area contributed by atoms with E-state index in [9.17, 15) is 9.18 Å². The van der Waals surface area contributed by atoms with Crippen LogP contribution in [0.2, 0.25) is 5.02 Å². The third-order valence-electron chi connectivity index (χ3n) is 1.94. The number of carbonyl (C=O) groups is 1. The Bertz CT molecular complexity index is 377. The largest absolute Gasteiger partial charge is 0.481 e. The van der Waals surface area contributed by atoms with Gasteiger partial charge in [-0.05, 0) is 33.6 Å². The first-order valence-electron chi connectivity index (χ1n) is 4.04. The molecule has 1 rings (SSSR count). The summed E-state index contributed by atoms with van der Waals surface area (Å²) < 4.78 is 13.4. The average molecular weight is 297 g/mol. The van der Waals surface area contributed by atoms with E-state index in [1.54, 1.807) is 0 Å². The van der Waals surface area contributed by atoms with Gasteiger partial charge in [-0.3, -0.25) is 4.79 Å². The molecular formula is C9H8BrClFNO2.